The molecule has 0 fully saturated rings. The van der Waals surface area contributed by atoms with Crippen molar-refractivity contribution in [3.63, 3.8) is 0 Å². The van der Waals surface area contributed by atoms with E-state index < -0.39 is 0 Å². The molecule has 22 heavy (non-hydrogen) atoms. The summed E-state index contributed by atoms with van der Waals surface area (Å²) in [7, 11) is 0. The molecule has 0 bridgehead atoms. The lowest BCUT2D eigenvalue weighted by Crippen LogP contribution is -2.14. The van der Waals surface area contributed by atoms with Crippen LogP contribution in [0.2, 0.25) is 5.02 Å². The minimum atomic E-state index is 0. The van der Waals surface area contributed by atoms with Gasteiger partial charge in [0.05, 0.1) is 6.54 Å². The van der Waals surface area contributed by atoms with Gasteiger partial charge in [0.2, 0.25) is 0 Å². The maximum atomic E-state index is 8.70. The van der Waals surface area contributed by atoms with Crippen molar-refractivity contribution >= 4 is 24.0 Å². The van der Waals surface area contributed by atoms with Crippen LogP contribution in [0.4, 0.5) is 0 Å². The van der Waals surface area contributed by atoms with Gasteiger partial charge in [-0.1, -0.05) is 23.7 Å². The van der Waals surface area contributed by atoms with Crippen LogP contribution >= 0.6 is 24.0 Å². The predicted molar refractivity (Wildman–Crippen MR) is 93.8 cm³/mol. The monoisotopic (exact) mass is 343 g/mol. The van der Waals surface area contributed by atoms with E-state index in [-0.39, 0.29) is 19.0 Å². The Morgan fingerprint density at radius 1 is 1.14 bits per heavy atom. The Kier molecular flexibility index (Phi) is 8.57. The van der Waals surface area contributed by atoms with Crippen LogP contribution in [0.3, 0.4) is 0 Å². The Labute approximate surface area is 143 Å². The van der Waals surface area contributed by atoms with Gasteiger partial charge in [-0.15, -0.1) is 12.4 Å². The van der Waals surface area contributed by atoms with Crippen molar-refractivity contribution in [1.82, 2.24) is 5.32 Å². The molecule has 0 amide bonds. The Morgan fingerprint density at radius 2 is 1.95 bits per heavy atom. The maximum absolute atomic E-state index is 8.70. The van der Waals surface area contributed by atoms with Crippen molar-refractivity contribution in [2.75, 3.05) is 13.2 Å². The fourth-order valence-corrected chi connectivity index (χ4v) is 2.30. The highest BCUT2D eigenvalue weighted by Gasteiger charge is 2.06. The van der Waals surface area contributed by atoms with Gasteiger partial charge in [0.25, 0.3) is 0 Å². The Hall–Kier alpha value is -1.00. The highest BCUT2D eigenvalue weighted by molar-refractivity contribution is 6.31. The zero-order valence-electron chi connectivity index (χ0n) is 12.8. The number of unbranched alkanes of at least 4 members (excludes halogenated alkanes) is 2. The summed E-state index contributed by atoms with van der Waals surface area (Å²) in [5, 5.41) is 12.8. The van der Waals surface area contributed by atoms with Crippen molar-refractivity contribution in [3.8, 4) is 11.3 Å². The summed E-state index contributed by atoms with van der Waals surface area (Å²) in [4.78, 5) is 0. The zero-order valence-corrected chi connectivity index (χ0v) is 14.3. The number of aryl methyl sites for hydroxylation is 1. The lowest BCUT2D eigenvalue weighted by atomic mass is 10.1. The lowest BCUT2D eigenvalue weighted by Gasteiger charge is -2.03. The Morgan fingerprint density at radius 3 is 2.68 bits per heavy atom. The highest BCUT2D eigenvalue weighted by atomic mass is 35.5. The van der Waals surface area contributed by atoms with Gasteiger partial charge in [0, 0.05) is 17.2 Å². The topological polar surface area (TPSA) is 45.4 Å². The second-order valence-corrected chi connectivity index (χ2v) is 5.60. The van der Waals surface area contributed by atoms with Crippen LogP contribution in [0.25, 0.3) is 11.3 Å². The van der Waals surface area contributed by atoms with E-state index in [0.717, 1.165) is 60.0 Å². The summed E-state index contributed by atoms with van der Waals surface area (Å²) in [6, 6.07) is 9.92. The summed E-state index contributed by atoms with van der Waals surface area (Å²) >= 11 is 6.14. The minimum absolute atomic E-state index is 0. The molecule has 0 aliphatic carbocycles. The first kappa shape index (κ1) is 19.0. The van der Waals surface area contributed by atoms with E-state index in [4.69, 9.17) is 21.1 Å². The molecule has 3 nitrogen and oxygen atoms in total. The molecule has 0 aliphatic rings. The molecular formula is C17H23Cl2NO2. The van der Waals surface area contributed by atoms with Gasteiger partial charge in [-0.2, -0.15) is 0 Å². The van der Waals surface area contributed by atoms with E-state index >= 15 is 0 Å². The van der Waals surface area contributed by atoms with Crippen molar-refractivity contribution in [2.45, 2.75) is 32.7 Å². The number of furan rings is 1. The SMILES string of the molecule is Cc1ccc(-c2ccc(CNCCCCCO)o2)cc1Cl.Cl. The molecule has 1 heterocycles. The van der Waals surface area contributed by atoms with Crippen molar-refractivity contribution in [2.24, 2.45) is 0 Å². The third-order valence-electron chi connectivity index (χ3n) is 3.43. The van der Waals surface area contributed by atoms with Crippen LogP contribution in [0.15, 0.2) is 34.7 Å². The molecule has 5 heteroatoms. The molecule has 0 aliphatic heterocycles. The van der Waals surface area contributed by atoms with Crippen molar-refractivity contribution in [1.29, 1.82) is 0 Å². The second kappa shape index (κ2) is 9.90. The number of aliphatic hydroxyl groups is 1. The number of nitrogens with one attached hydrogen (secondary N) is 1. The van der Waals surface area contributed by atoms with Crippen molar-refractivity contribution in [3.05, 3.63) is 46.7 Å². The Balaban J connectivity index is 0.00000242. The van der Waals surface area contributed by atoms with Crippen LogP contribution in [-0.2, 0) is 6.54 Å². The Bertz CT molecular complexity index is 570. The molecule has 122 valence electrons. The zero-order chi connectivity index (χ0) is 15.1. The van der Waals surface area contributed by atoms with Gasteiger partial charge in [-0.25, -0.2) is 0 Å². The highest BCUT2D eigenvalue weighted by Crippen LogP contribution is 2.26. The van der Waals surface area contributed by atoms with Gasteiger partial charge in [-0.05, 0) is 56.5 Å². The molecule has 0 spiro atoms. The molecule has 0 saturated heterocycles. The molecule has 2 N–H and O–H groups in total. The van der Waals surface area contributed by atoms with Gasteiger partial charge < -0.3 is 14.8 Å². The van der Waals surface area contributed by atoms with Crippen LogP contribution in [0.1, 0.15) is 30.6 Å². The van der Waals surface area contributed by atoms with E-state index in [1.54, 1.807) is 0 Å². The second-order valence-electron chi connectivity index (χ2n) is 5.19. The van der Waals surface area contributed by atoms with E-state index in [0.29, 0.717) is 0 Å². The number of hydrogen-bond donors (Lipinski definition) is 2. The minimum Gasteiger partial charge on any atom is -0.460 e. The lowest BCUT2D eigenvalue weighted by molar-refractivity contribution is 0.282. The number of rotatable bonds is 8. The summed E-state index contributed by atoms with van der Waals surface area (Å²) in [6.45, 7) is 3.92. The average molecular weight is 344 g/mol. The quantitative estimate of drug-likeness (QED) is 0.689. The fraction of sp³-hybridized carbons (Fsp3) is 0.412. The van der Waals surface area contributed by atoms with Crippen LogP contribution in [0, 0.1) is 6.92 Å². The van der Waals surface area contributed by atoms with E-state index in [1.807, 2.05) is 37.3 Å². The van der Waals surface area contributed by atoms with Gasteiger partial charge in [-0.3, -0.25) is 0 Å². The van der Waals surface area contributed by atoms with E-state index in [1.165, 1.54) is 0 Å². The van der Waals surface area contributed by atoms with Gasteiger partial charge in [0.15, 0.2) is 0 Å². The number of aliphatic hydroxyl groups excluding tert-OH is 1. The number of benzene rings is 1. The predicted octanol–water partition coefficient (Wildman–Crippen LogP) is 4.58. The first-order valence-electron chi connectivity index (χ1n) is 7.37. The summed E-state index contributed by atoms with van der Waals surface area (Å²) in [6.07, 6.45) is 3.00. The molecular weight excluding hydrogens is 321 g/mol. The summed E-state index contributed by atoms with van der Waals surface area (Å²) < 4.78 is 5.83. The molecule has 0 unspecified atom stereocenters. The molecule has 2 rings (SSSR count). The fourth-order valence-electron chi connectivity index (χ4n) is 2.12. The summed E-state index contributed by atoms with van der Waals surface area (Å²) in [5.41, 5.74) is 2.07. The first-order valence-corrected chi connectivity index (χ1v) is 7.75. The molecule has 1 aromatic carbocycles. The van der Waals surface area contributed by atoms with E-state index in [9.17, 15) is 0 Å². The third-order valence-corrected chi connectivity index (χ3v) is 3.84. The van der Waals surface area contributed by atoms with E-state index in [2.05, 4.69) is 5.32 Å². The first-order chi connectivity index (χ1) is 10.2. The van der Waals surface area contributed by atoms with Crippen LogP contribution < -0.4 is 5.32 Å². The van der Waals surface area contributed by atoms with Crippen LogP contribution in [-0.4, -0.2) is 18.3 Å². The van der Waals surface area contributed by atoms with Crippen molar-refractivity contribution < 1.29 is 9.52 Å². The van der Waals surface area contributed by atoms with Gasteiger partial charge >= 0.3 is 0 Å². The van der Waals surface area contributed by atoms with Crippen LogP contribution in [0.5, 0.6) is 0 Å². The van der Waals surface area contributed by atoms with Gasteiger partial charge in [0.1, 0.15) is 11.5 Å². The molecule has 0 atom stereocenters. The molecule has 2 aromatic rings. The molecule has 1 aromatic heterocycles. The normalized spacial score (nSPS) is 10.5. The molecule has 0 saturated carbocycles. The smallest absolute Gasteiger partial charge is 0.134 e. The number of hydrogen-bond acceptors (Lipinski definition) is 3. The summed E-state index contributed by atoms with van der Waals surface area (Å²) in [5.74, 6) is 1.76. The third kappa shape index (κ3) is 5.65. The molecule has 0 radical (unpaired) electrons. The largest absolute Gasteiger partial charge is 0.460 e. The average Bonchev–Trinajstić information content (AvgIpc) is 2.94. The number of halogens is 2. The maximum Gasteiger partial charge on any atom is 0.134 e. The standard InChI is InChI=1S/C17H22ClNO2.ClH/c1-13-5-6-14(11-16(13)18)17-8-7-15(21-17)12-19-9-3-2-4-10-20;/h5-8,11,19-20H,2-4,9-10,12H2,1H3;1H.